The topological polar surface area (TPSA) is 47.6 Å². The quantitative estimate of drug-likeness (QED) is 0.744. The molecule has 0 aliphatic carbocycles. The number of hydrogen-bond donors (Lipinski definition) is 1. The molecule has 1 fully saturated rings. The van der Waals surface area contributed by atoms with Gasteiger partial charge in [-0.25, -0.2) is 0 Å². The molecule has 2 unspecified atom stereocenters. The van der Waals surface area contributed by atoms with Crippen molar-refractivity contribution < 1.29 is 13.6 Å². The predicted octanol–water partition coefficient (Wildman–Crippen LogP) is 2.74. The van der Waals surface area contributed by atoms with E-state index in [9.17, 15) is 4.57 Å². The summed E-state index contributed by atoms with van der Waals surface area (Å²) in [5, 5.41) is 2.81. The van der Waals surface area contributed by atoms with E-state index in [-0.39, 0.29) is 0 Å². The van der Waals surface area contributed by atoms with E-state index in [1.807, 2.05) is 20.8 Å². The summed E-state index contributed by atoms with van der Waals surface area (Å²) in [6.45, 7) is 8.54. The van der Waals surface area contributed by atoms with Crippen molar-refractivity contribution in [2.75, 3.05) is 13.2 Å². The highest BCUT2D eigenvalue weighted by molar-refractivity contribution is 7.55. The second-order valence-corrected chi connectivity index (χ2v) is 6.69. The van der Waals surface area contributed by atoms with E-state index in [0.29, 0.717) is 19.3 Å². The molecular formula is C10H22NO3P. The Bertz CT molecular complexity index is 249. The third kappa shape index (κ3) is 2.62. The van der Waals surface area contributed by atoms with Gasteiger partial charge in [0.1, 0.15) is 5.28 Å². The van der Waals surface area contributed by atoms with Gasteiger partial charge in [-0.3, -0.25) is 9.88 Å². The molecule has 5 heteroatoms. The average molecular weight is 235 g/mol. The lowest BCUT2D eigenvalue weighted by Gasteiger charge is -2.33. The predicted molar refractivity (Wildman–Crippen MR) is 61.1 cm³/mol. The Hall–Kier alpha value is 0.110. The Balaban J connectivity index is 2.83. The molecule has 0 aromatic heterocycles. The van der Waals surface area contributed by atoms with Crippen molar-refractivity contribution >= 4 is 7.60 Å². The Morgan fingerprint density at radius 1 is 1.40 bits per heavy atom. The summed E-state index contributed by atoms with van der Waals surface area (Å²) in [6, 6.07) is 0.379. The third-order valence-corrected chi connectivity index (χ3v) is 5.58. The van der Waals surface area contributed by atoms with Gasteiger partial charge < -0.3 is 9.05 Å². The molecule has 1 aliphatic rings. The largest absolute Gasteiger partial charge is 0.350 e. The summed E-state index contributed by atoms with van der Waals surface area (Å²) in [5.74, 6) is 0. The average Bonchev–Trinajstić information content (AvgIpc) is 2.49. The van der Waals surface area contributed by atoms with Crippen LogP contribution in [0.3, 0.4) is 0 Å². The van der Waals surface area contributed by atoms with Gasteiger partial charge in [-0.1, -0.05) is 0 Å². The van der Waals surface area contributed by atoms with Gasteiger partial charge in [0.2, 0.25) is 0 Å². The molecule has 0 amide bonds. The van der Waals surface area contributed by atoms with Gasteiger partial charge in [-0.15, -0.1) is 0 Å². The molecule has 0 aromatic carbocycles. The van der Waals surface area contributed by atoms with Gasteiger partial charge in [-0.05, 0) is 40.5 Å². The minimum absolute atomic E-state index is 0.379. The lowest BCUT2D eigenvalue weighted by atomic mass is 10.2. The highest BCUT2D eigenvalue weighted by Gasteiger charge is 2.50. The van der Waals surface area contributed by atoms with Gasteiger partial charge >= 0.3 is 7.60 Å². The van der Waals surface area contributed by atoms with Crippen molar-refractivity contribution in [1.29, 1.82) is 0 Å². The Morgan fingerprint density at radius 2 is 1.93 bits per heavy atom. The van der Waals surface area contributed by atoms with E-state index in [1.165, 1.54) is 0 Å². The normalized spacial score (nSPS) is 32.1. The Morgan fingerprint density at radius 3 is 2.27 bits per heavy atom. The summed E-state index contributed by atoms with van der Waals surface area (Å²) in [4.78, 5) is 0. The molecule has 0 aromatic rings. The minimum Gasteiger partial charge on any atom is -0.308 e. The fourth-order valence-corrected chi connectivity index (χ4v) is 4.16. The van der Waals surface area contributed by atoms with E-state index in [1.54, 1.807) is 0 Å². The number of nitrogens with one attached hydrogen (secondary N) is 1. The monoisotopic (exact) mass is 235 g/mol. The molecule has 1 aliphatic heterocycles. The van der Waals surface area contributed by atoms with Gasteiger partial charge in [0.15, 0.2) is 0 Å². The van der Waals surface area contributed by atoms with Gasteiger partial charge in [0.05, 0.1) is 13.2 Å². The van der Waals surface area contributed by atoms with Crippen LogP contribution in [0.25, 0.3) is 0 Å². The first-order valence-corrected chi connectivity index (χ1v) is 7.18. The standard InChI is InChI=1S/C10H22NO3P/c1-5-13-15(12,14-6-2)10(4)8-7-9(3)11-10/h9,11H,5-8H2,1-4H3. The fraction of sp³-hybridized carbons (Fsp3) is 1.00. The first-order chi connectivity index (χ1) is 6.97. The summed E-state index contributed by atoms with van der Waals surface area (Å²) in [5.41, 5.74) is 0. The van der Waals surface area contributed by atoms with Crippen molar-refractivity contribution in [1.82, 2.24) is 5.32 Å². The van der Waals surface area contributed by atoms with Crippen LogP contribution in [0, 0.1) is 0 Å². The van der Waals surface area contributed by atoms with Crippen LogP contribution in [0.1, 0.15) is 40.5 Å². The molecule has 0 bridgehead atoms. The molecule has 90 valence electrons. The van der Waals surface area contributed by atoms with E-state index in [0.717, 1.165) is 12.8 Å². The Labute approximate surface area is 92.3 Å². The lowest BCUT2D eigenvalue weighted by molar-refractivity contribution is 0.193. The SMILES string of the molecule is CCOP(=O)(OCC)C1(C)CCC(C)N1. The van der Waals surface area contributed by atoms with Crippen LogP contribution < -0.4 is 5.32 Å². The van der Waals surface area contributed by atoms with Crippen LogP contribution in [0.4, 0.5) is 0 Å². The third-order valence-electron chi connectivity index (χ3n) is 2.82. The Kier molecular flexibility index (Phi) is 4.36. The summed E-state index contributed by atoms with van der Waals surface area (Å²) >= 11 is 0. The maximum absolute atomic E-state index is 12.6. The summed E-state index contributed by atoms with van der Waals surface area (Å²) in [6.07, 6.45) is 1.85. The molecule has 0 radical (unpaired) electrons. The zero-order chi connectivity index (χ0) is 11.5. The molecule has 1 rings (SSSR count). The van der Waals surface area contributed by atoms with Crippen LogP contribution in [-0.2, 0) is 13.6 Å². The summed E-state index contributed by atoms with van der Waals surface area (Å²) in [7, 11) is -3.03. The maximum Gasteiger partial charge on any atom is 0.350 e. The van der Waals surface area contributed by atoms with E-state index in [4.69, 9.17) is 9.05 Å². The molecule has 4 nitrogen and oxygen atoms in total. The molecule has 15 heavy (non-hydrogen) atoms. The van der Waals surface area contributed by atoms with Crippen LogP contribution in [0.15, 0.2) is 0 Å². The van der Waals surface area contributed by atoms with E-state index in [2.05, 4.69) is 12.2 Å². The van der Waals surface area contributed by atoms with Crippen molar-refractivity contribution in [3.8, 4) is 0 Å². The molecule has 0 saturated carbocycles. The van der Waals surface area contributed by atoms with Crippen LogP contribution in [0.2, 0.25) is 0 Å². The van der Waals surface area contributed by atoms with Crippen molar-refractivity contribution in [2.24, 2.45) is 0 Å². The van der Waals surface area contributed by atoms with E-state index >= 15 is 0 Å². The zero-order valence-corrected chi connectivity index (χ0v) is 11.0. The van der Waals surface area contributed by atoms with Crippen LogP contribution in [-0.4, -0.2) is 24.5 Å². The summed E-state index contributed by atoms with van der Waals surface area (Å²) < 4.78 is 23.3. The maximum atomic E-state index is 12.6. The smallest absolute Gasteiger partial charge is 0.308 e. The van der Waals surface area contributed by atoms with Gasteiger partial charge in [0, 0.05) is 6.04 Å². The molecule has 1 heterocycles. The van der Waals surface area contributed by atoms with E-state index < -0.39 is 12.9 Å². The highest BCUT2D eigenvalue weighted by atomic mass is 31.2. The van der Waals surface area contributed by atoms with Crippen LogP contribution in [0.5, 0.6) is 0 Å². The van der Waals surface area contributed by atoms with Crippen molar-refractivity contribution in [2.45, 2.75) is 51.9 Å². The lowest BCUT2D eigenvalue weighted by Crippen LogP contribution is -2.40. The first kappa shape index (κ1) is 13.2. The molecule has 1 saturated heterocycles. The fourth-order valence-electron chi connectivity index (χ4n) is 2.05. The highest BCUT2D eigenvalue weighted by Crippen LogP contribution is 2.62. The van der Waals surface area contributed by atoms with Crippen LogP contribution >= 0.6 is 7.60 Å². The van der Waals surface area contributed by atoms with Crippen molar-refractivity contribution in [3.63, 3.8) is 0 Å². The second-order valence-electron chi connectivity index (χ2n) is 4.19. The molecule has 0 spiro atoms. The van der Waals surface area contributed by atoms with Gasteiger partial charge in [0.25, 0.3) is 0 Å². The molecule has 1 N–H and O–H groups in total. The molecular weight excluding hydrogens is 213 g/mol. The number of rotatable bonds is 5. The molecule has 2 atom stereocenters. The number of hydrogen-bond acceptors (Lipinski definition) is 4. The second kappa shape index (κ2) is 4.96. The minimum atomic E-state index is -3.03. The van der Waals surface area contributed by atoms with Crippen molar-refractivity contribution in [3.05, 3.63) is 0 Å². The first-order valence-electron chi connectivity index (χ1n) is 5.64. The zero-order valence-electron chi connectivity index (χ0n) is 10.1. The van der Waals surface area contributed by atoms with Gasteiger partial charge in [-0.2, -0.15) is 0 Å².